The minimum atomic E-state index is -0.967. The fourth-order valence-electron chi connectivity index (χ4n) is 1.47. The smallest absolute Gasteiger partial charge is 0.304 e. The molecule has 1 rings (SSSR count). The molecule has 1 aromatic rings. The molecule has 0 aliphatic rings. The number of carboxylic acid groups (broad SMARTS) is 1. The number of carbonyl (C=O) groups excluding carboxylic acids is 1. The van der Waals surface area contributed by atoms with Crippen LogP contribution in [0.2, 0.25) is 0 Å². The summed E-state index contributed by atoms with van der Waals surface area (Å²) in [5.41, 5.74) is -0.371. The lowest BCUT2D eigenvalue weighted by molar-refractivity contribution is -0.138. The molecule has 0 bridgehead atoms. The van der Waals surface area contributed by atoms with E-state index in [-0.39, 0.29) is 12.2 Å². The van der Waals surface area contributed by atoms with E-state index < -0.39 is 11.4 Å². The molecular weight excluding hydrogens is 272 g/mol. The molecular formula is C12H13BrO3. The Morgan fingerprint density at radius 2 is 1.88 bits per heavy atom. The predicted molar refractivity (Wildman–Crippen MR) is 64.5 cm³/mol. The summed E-state index contributed by atoms with van der Waals surface area (Å²) in [6.45, 7) is 3.28. The Morgan fingerprint density at radius 1 is 1.31 bits per heavy atom. The van der Waals surface area contributed by atoms with Crippen LogP contribution in [0, 0.1) is 5.41 Å². The van der Waals surface area contributed by atoms with Gasteiger partial charge in [-0.2, -0.15) is 0 Å². The Hall–Kier alpha value is -1.16. The summed E-state index contributed by atoms with van der Waals surface area (Å²) < 4.78 is 0.693. The van der Waals surface area contributed by atoms with Crippen molar-refractivity contribution in [3.8, 4) is 0 Å². The van der Waals surface area contributed by atoms with Gasteiger partial charge in [0, 0.05) is 15.5 Å². The van der Waals surface area contributed by atoms with Gasteiger partial charge in [-0.15, -0.1) is 0 Å². The van der Waals surface area contributed by atoms with E-state index in [0.717, 1.165) is 0 Å². The number of rotatable bonds is 4. The first kappa shape index (κ1) is 12.9. The molecule has 0 saturated carbocycles. The largest absolute Gasteiger partial charge is 0.481 e. The molecule has 3 nitrogen and oxygen atoms in total. The fourth-order valence-corrected chi connectivity index (χ4v) is 1.93. The molecule has 0 radical (unpaired) electrons. The minimum Gasteiger partial charge on any atom is -0.481 e. The standard InChI is InChI=1S/C12H13BrO3/c1-12(2,7-10(14)15)11(16)8-5-3-4-6-9(8)13/h3-6H,7H2,1-2H3,(H,14,15). The first-order valence-electron chi connectivity index (χ1n) is 4.86. The molecule has 1 aromatic carbocycles. The van der Waals surface area contributed by atoms with Crippen LogP contribution in [0.15, 0.2) is 28.7 Å². The quantitative estimate of drug-likeness (QED) is 0.865. The third-order valence-corrected chi connectivity index (χ3v) is 3.02. The maximum Gasteiger partial charge on any atom is 0.304 e. The van der Waals surface area contributed by atoms with Crippen molar-refractivity contribution in [2.75, 3.05) is 0 Å². The van der Waals surface area contributed by atoms with Gasteiger partial charge in [-0.3, -0.25) is 9.59 Å². The van der Waals surface area contributed by atoms with E-state index >= 15 is 0 Å². The van der Waals surface area contributed by atoms with Gasteiger partial charge in [-0.1, -0.05) is 48.0 Å². The van der Waals surface area contributed by atoms with Crippen LogP contribution in [0.4, 0.5) is 0 Å². The lowest BCUT2D eigenvalue weighted by Crippen LogP contribution is -2.27. The normalized spacial score (nSPS) is 11.2. The zero-order chi connectivity index (χ0) is 12.3. The second-order valence-corrected chi connectivity index (χ2v) is 5.12. The van der Waals surface area contributed by atoms with Gasteiger partial charge in [-0.25, -0.2) is 0 Å². The first-order chi connectivity index (χ1) is 7.34. The Bertz CT molecular complexity index is 424. The molecule has 0 aromatic heterocycles. The van der Waals surface area contributed by atoms with Crippen molar-refractivity contribution in [1.29, 1.82) is 0 Å². The number of aliphatic carboxylic acids is 1. The monoisotopic (exact) mass is 284 g/mol. The van der Waals surface area contributed by atoms with E-state index in [9.17, 15) is 9.59 Å². The number of carboxylic acids is 1. The van der Waals surface area contributed by atoms with Gasteiger partial charge in [-0.05, 0) is 6.07 Å². The van der Waals surface area contributed by atoms with Crippen LogP contribution in [0.1, 0.15) is 30.6 Å². The lowest BCUT2D eigenvalue weighted by Gasteiger charge is -2.21. The summed E-state index contributed by atoms with van der Waals surface area (Å²) in [7, 11) is 0. The van der Waals surface area contributed by atoms with E-state index in [1.807, 2.05) is 6.07 Å². The molecule has 1 N–H and O–H groups in total. The van der Waals surface area contributed by atoms with E-state index in [4.69, 9.17) is 5.11 Å². The number of Topliss-reactive ketones (excluding diaryl/α,β-unsaturated/α-hetero) is 1. The molecule has 16 heavy (non-hydrogen) atoms. The average Bonchev–Trinajstić information content (AvgIpc) is 2.15. The van der Waals surface area contributed by atoms with Crippen LogP contribution in [-0.2, 0) is 4.79 Å². The van der Waals surface area contributed by atoms with Gasteiger partial charge in [0.1, 0.15) is 0 Å². The van der Waals surface area contributed by atoms with Crippen LogP contribution >= 0.6 is 15.9 Å². The molecule has 0 aliphatic carbocycles. The highest BCUT2D eigenvalue weighted by molar-refractivity contribution is 9.10. The number of benzene rings is 1. The maximum absolute atomic E-state index is 12.1. The van der Waals surface area contributed by atoms with Gasteiger partial charge in [0.05, 0.1) is 6.42 Å². The minimum absolute atomic E-state index is 0.164. The Morgan fingerprint density at radius 3 is 2.38 bits per heavy atom. The van der Waals surface area contributed by atoms with Crippen molar-refractivity contribution >= 4 is 27.7 Å². The molecule has 86 valence electrons. The molecule has 0 spiro atoms. The number of ketones is 1. The van der Waals surface area contributed by atoms with Crippen LogP contribution in [0.5, 0.6) is 0 Å². The molecule has 0 unspecified atom stereocenters. The Balaban J connectivity index is 3.02. The van der Waals surface area contributed by atoms with Gasteiger partial charge in [0.2, 0.25) is 0 Å². The van der Waals surface area contributed by atoms with E-state index in [1.165, 1.54) is 0 Å². The van der Waals surface area contributed by atoms with Gasteiger partial charge in [0.15, 0.2) is 5.78 Å². The molecule has 0 atom stereocenters. The van der Waals surface area contributed by atoms with Crippen LogP contribution in [0.3, 0.4) is 0 Å². The first-order valence-corrected chi connectivity index (χ1v) is 5.65. The molecule has 0 aliphatic heterocycles. The molecule has 4 heteroatoms. The van der Waals surface area contributed by atoms with Crippen LogP contribution in [-0.4, -0.2) is 16.9 Å². The molecule has 0 amide bonds. The molecule has 0 fully saturated rings. The third kappa shape index (κ3) is 2.92. The zero-order valence-electron chi connectivity index (χ0n) is 9.16. The van der Waals surface area contributed by atoms with E-state index in [1.54, 1.807) is 32.0 Å². The summed E-state index contributed by atoms with van der Waals surface area (Å²) in [4.78, 5) is 22.8. The summed E-state index contributed by atoms with van der Waals surface area (Å²) >= 11 is 3.29. The Kier molecular flexibility index (Phi) is 3.86. The van der Waals surface area contributed by atoms with Crippen molar-refractivity contribution in [2.24, 2.45) is 5.41 Å². The number of carbonyl (C=O) groups is 2. The van der Waals surface area contributed by atoms with Crippen molar-refractivity contribution < 1.29 is 14.7 Å². The van der Waals surface area contributed by atoms with Crippen molar-refractivity contribution in [1.82, 2.24) is 0 Å². The average molecular weight is 285 g/mol. The lowest BCUT2D eigenvalue weighted by atomic mass is 9.81. The van der Waals surface area contributed by atoms with E-state index in [0.29, 0.717) is 10.0 Å². The molecule has 0 saturated heterocycles. The van der Waals surface area contributed by atoms with Crippen molar-refractivity contribution in [3.63, 3.8) is 0 Å². The predicted octanol–water partition coefficient (Wildman–Crippen LogP) is 3.13. The summed E-state index contributed by atoms with van der Waals surface area (Å²) in [6.07, 6.45) is -0.173. The fraction of sp³-hybridized carbons (Fsp3) is 0.333. The van der Waals surface area contributed by atoms with Gasteiger partial charge in [0.25, 0.3) is 0 Å². The maximum atomic E-state index is 12.1. The van der Waals surface area contributed by atoms with E-state index in [2.05, 4.69) is 15.9 Å². The summed E-state index contributed by atoms with van der Waals surface area (Å²) in [5.74, 6) is -1.13. The second-order valence-electron chi connectivity index (χ2n) is 4.26. The number of halogens is 1. The number of hydrogen-bond acceptors (Lipinski definition) is 2. The van der Waals surface area contributed by atoms with Crippen molar-refractivity contribution in [2.45, 2.75) is 20.3 Å². The van der Waals surface area contributed by atoms with Crippen molar-refractivity contribution in [3.05, 3.63) is 34.3 Å². The van der Waals surface area contributed by atoms with Gasteiger partial charge < -0.3 is 5.11 Å². The summed E-state index contributed by atoms with van der Waals surface area (Å²) in [5, 5.41) is 8.75. The SMILES string of the molecule is CC(C)(CC(=O)O)C(=O)c1ccccc1Br. The highest BCUT2D eigenvalue weighted by Gasteiger charge is 2.32. The number of hydrogen-bond donors (Lipinski definition) is 1. The summed E-state index contributed by atoms with van der Waals surface area (Å²) in [6, 6.07) is 7.03. The third-order valence-electron chi connectivity index (χ3n) is 2.33. The van der Waals surface area contributed by atoms with Crippen LogP contribution < -0.4 is 0 Å². The molecule has 0 heterocycles. The highest BCUT2D eigenvalue weighted by Crippen LogP contribution is 2.29. The zero-order valence-corrected chi connectivity index (χ0v) is 10.7. The Labute approximate surface area is 103 Å². The van der Waals surface area contributed by atoms with Gasteiger partial charge >= 0.3 is 5.97 Å². The second kappa shape index (κ2) is 4.78. The van der Waals surface area contributed by atoms with Crippen LogP contribution in [0.25, 0.3) is 0 Å². The topological polar surface area (TPSA) is 54.4 Å². The highest BCUT2D eigenvalue weighted by atomic mass is 79.9.